The summed E-state index contributed by atoms with van der Waals surface area (Å²) in [6, 6.07) is 12.3. The van der Waals surface area contributed by atoms with Crippen LogP contribution in [0.25, 0.3) is 21.5 Å². The van der Waals surface area contributed by atoms with Gasteiger partial charge >= 0.3 is 0 Å². The number of aryl methyl sites for hydroxylation is 1. The Kier molecular flexibility index (Phi) is 2.18. The molecule has 0 atom stereocenters. The summed E-state index contributed by atoms with van der Waals surface area (Å²) >= 11 is 1.77. The summed E-state index contributed by atoms with van der Waals surface area (Å²) in [6.07, 6.45) is 1.63. The zero-order valence-electron chi connectivity index (χ0n) is 8.84. The number of rotatable bonds is 1. The Balaban J connectivity index is 2.31. The average molecular weight is 226 g/mol. The third-order valence-electron chi connectivity index (χ3n) is 2.52. The van der Waals surface area contributed by atoms with Crippen LogP contribution in [0.1, 0.15) is 4.88 Å². The van der Waals surface area contributed by atoms with Gasteiger partial charge in [0.2, 0.25) is 0 Å². The van der Waals surface area contributed by atoms with E-state index in [1.807, 2.05) is 18.2 Å². The van der Waals surface area contributed by atoms with E-state index in [0.29, 0.717) is 0 Å². The summed E-state index contributed by atoms with van der Waals surface area (Å²) in [4.78, 5) is 11.2. The van der Waals surface area contributed by atoms with Gasteiger partial charge in [-0.05, 0) is 25.1 Å². The minimum Gasteiger partial charge on any atom is -0.236 e. The zero-order chi connectivity index (χ0) is 11.0. The molecule has 0 unspecified atom stereocenters. The molecule has 0 amide bonds. The lowest BCUT2D eigenvalue weighted by atomic mass is 10.1. The molecular weight excluding hydrogens is 216 g/mol. The van der Waals surface area contributed by atoms with Gasteiger partial charge in [0, 0.05) is 10.3 Å². The Bertz CT molecular complexity index is 638. The van der Waals surface area contributed by atoms with E-state index in [1.54, 1.807) is 17.7 Å². The minimum atomic E-state index is 0.999. The van der Waals surface area contributed by atoms with Crippen LogP contribution in [0.4, 0.5) is 0 Å². The van der Waals surface area contributed by atoms with Gasteiger partial charge in [-0.25, -0.2) is 9.97 Å². The first-order valence-corrected chi connectivity index (χ1v) is 5.93. The van der Waals surface area contributed by atoms with Crippen molar-refractivity contribution in [1.82, 2.24) is 9.97 Å². The molecule has 2 aromatic heterocycles. The molecule has 16 heavy (non-hydrogen) atoms. The second-order valence-electron chi connectivity index (χ2n) is 3.65. The second kappa shape index (κ2) is 3.68. The monoisotopic (exact) mass is 226 g/mol. The highest BCUT2D eigenvalue weighted by atomic mass is 32.1. The van der Waals surface area contributed by atoms with Gasteiger partial charge < -0.3 is 0 Å². The summed E-state index contributed by atoms with van der Waals surface area (Å²) in [6.45, 7) is 2.11. The van der Waals surface area contributed by atoms with Crippen molar-refractivity contribution >= 4 is 22.2 Å². The SMILES string of the molecule is Cc1ccc(-c2ncnc3ccccc23)s1. The molecule has 0 aliphatic carbocycles. The lowest BCUT2D eigenvalue weighted by Gasteiger charge is -2.01. The maximum absolute atomic E-state index is 4.39. The normalized spacial score (nSPS) is 10.8. The number of fused-ring (bicyclic) bond motifs is 1. The summed E-state index contributed by atoms with van der Waals surface area (Å²) in [5.74, 6) is 0. The molecule has 0 aliphatic heterocycles. The molecule has 0 fully saturated rings. The fourth-order valence-corrected chi connectivity index (χ4v) is 2.64. The number of hydrogen-bond acceptors (Lipinski definition) is 3. The van der Waals surface area contributed by atoms with Gasteiger partial charge in [0.1, 0.15) is 6.33 Å². The summed E-state index contributed by atoms with van der Waals surface area (Å²) in [5.41, 5.74) is 2.03. The molecule has 78 valence electrons. The predicted octanol–water partition coefficient (Wildman–Crippen LogP) is 3.67. The summed E-state index contributed by atoms with van der Waals surface area (Å²) in [7, 11) is 0. The number of nitrogens with zero attached hydrogens (tertiary/aromatic N) is 2. The largest absolute Gasteiger partial charge is 0.236 e. The second-order valence-corrected chi connectivity index (χ2v) is 4.94. The summed E-state index contributed by atoms with van der Waals surface area (Å²) < 4.78 is 0. The lowest BCUT2D eigenvalue weighted by Crippen LogP contribution is -1.86. The maximum Gasteiger partial charge on any atom is 0.116 e. The lowest BCUT2D eigenvalue weighted by molar-refractivity contribution is 1.23. The number of benzene rings is 1. The third kappa shape index (κ3) is 1.49. The molecule has 3 heteroatoms. The Morgan fingerprint density at radius 2 is 1.88 bits per heavy atom. The van der Waals surface area contributed by atoms with E-state index < -0.39 is 0 Å². The molecular formula is C13H10N2S. The Hall–Kier alpha value is -1.74. The van der Waals surface area contributed by atoms with E-state index in [0.717, 1.165) is 16.6 Å². The molecule has 1 aromatic carbocycles. The topological polar surface area (TPSA) is 25.8 Å². The van der Waals surface area contributed by atoms with Gasteiger partial charge in [-0.15, -0.1) is 11.3 Å². The third-order valence-corrected chi connectivity index (χ3v) is 3.52. The molecule has 3 rings (SSSR count). The Labute approximate surface area is 97.6 Å². The molecule has 0 aliphatic rings. The van der Waals surface area contributed by atoms with Crippen LogP contribution >= 0.6 is 11.3 Å². The van der Waals surface area contributed by atoms with Crippen molar-refractivity contribution in [2.75, 3.05) is 0 Å². The Morgan fingerprint density at radius 1 is 1.00 bits per heavy atom. The number of thiophene rings is 1. The van der Waals surface area contributed by atoms with Crippen LogP contribution in [0.5, 0.6) is 0 Å². The fourth-order valence-electron chi connectivity index (χ4n) is 1.76. The molecule has 0 bridgehead atoms. The molecule has 0 saturated heterocycles. The van der Waals surface area contributed by atoms with Crippen LogP contribution in [-0.4, -0.2) is 9.97 Å². The van der Waals surface area contributed by atoms with Crippen LogP contribution in [0.15, 0.2) is 42.7 Å². The van der Waals surface area contributed by atoms with Crippen molar-refractivity contribution in [3.8, 4) is 10.6 Å². The van der Waals surface area contributed by atoms with Crippen molar-refractivity contribution in [2.45, 2.75) is 6.92 Å². The van der Waals surface area contributed by atoms with Crippen molar-refractivity contribution in [3.05, 3.63) is 47.6 Å². The standard InChI is InChI=1S/C13H10N2S/c1-9-6-7-12(16-9)13-10-4-2-3-5-11(10)14-8-15-13/h2-8H,1H3. The first-order chi connectivity index (χ1) is 7.84. The van der Waals surface area contributed by atoms with Gasteiger partial charge in [0.25, 0.3) is 0 Å². The minimum absolute atomic E-state index is 0.999. The molecule has 2 nitrogen and oxygen atoms in total. The Morgan fingerprint density at radius 3 is 2.69 bits per heavy atom. The molecule has 0 saturated carbocycles. The molecule has 0 spiro atoms. The van der Waals surface area contributed by atoms with Gasteiger partial charge in [-0.1, -0.05) is 18.2 Å². The highest BCUT2D eigenvalue weighted by Gasteiger charge is 2.07. The van der Waals surface area contributed by atoms with Gasteiger partial charge in [0.05, 0.1) is 16.1 Å². The van der Waals surface area contributed by atoms with Gasteiger partial charge in [-0.2, -0.15) is 0 Å². The number of hydrogen-bond donors (Lipinski definition) is 0. The maximum atomic E-state index is 4.39. The molecule has 3 aromatic rings. The van der Waals surface area contributed by atoms with E-state index >= 15 is 0 Å². The van der Waals surface area contributed by atoms with Crippen LogP contribution in [0, 0.1) is 6.92 Å². The average Bonchev–Trinajstić information content (AvgIpc) is 2.75. The van der Waals surface area contributed by atoms with Crippen molar-refractivity contribution < 1.29 is 0 Å². The van der Waals surface area contributed by atoms with Crippen molar-refractivity contribution in [1.29, 1.82) is 0 Å². The van der Waals surface area contributed by atoms with Crippen LogP contribution in [0.3, 0.4) is 0 Å². The van der Waals surface area contributed by atoms with E-state index in [4.69, 9.17) is 0 Å². The first-order valence-electron chi connectivity index (χ1n) is 5.11. The zero-order valence-corrected chi connectivity index (χ0v) is 9.66. The molecule has 0 N–H and O–H groups in total. The van der Waals surface area contributed by atoms with E-state index in [9.17, 15) is 0 Å². The smallest absolute Gasteiger partial charge is 0.116 e. The fraction of sp³-hybridized carbons (Fsp3) is 0.0769. The van der Waals surface area contributed by atoms with Crippen molar-refractivity contribution in [3.63, 3.8) is 0 Å². The highest BCUT2D eigenvalue weighted by molar-refractivity contribution is 7.15. The van der Waals surface area contributed by atoms with Crippen molar-refractivity contribution in [2.24, 2.45) is 0 Å². The van der Waals surface area contributed by atoms with Gasteiger partial charge in [0.15, 0.2) is 0 Å². The van der Waals surface area contributed by atoms with Gasteiger partial charge in [-0.3, -0.25) is 0 Å². The van der Waals surface area contributed by atoms with Crippen LogP contribution in [-0.2, 0) is 0 Å². The number of aromatic nitrogens is 2. The van der Waals surface area contributed by atoms with E-state index in [1.165, 1.54) is 9.75 Å². The van der Waals surface area contributed by atoms with Crippen LogP contribution in [0.2, 0.25) is 0 Å². The van der Waals surface area contributed by atoms with Crippen LogP contribution < -0.4 is 0 Å². The first kappa shape index (κ1) is 9.48. The quantitative estimate of drug-likeness (QED) is 0.632. The highest BCUT2D eigenvalue weighted by Crippen LogP contribution is 2.30. The molecule has 0 radical (unpaired) electrons. The van der Waals surface area contributed by atoms with E-state index in [2.05, 4.69) is 35.1 Å². The molecule has 2 heterocycles. The number of para-hydroxylation sites is 1. The predicted molar refractivity (Wildman–Crippen MR) is 67.6 cm³/mol. The van der Waals surface area contributed by atoms with E-state index in [-0.39, 0.29) is 0 Å². The summed E-state index contributed by atoms with van der Waals surface area (Å²) in [5, 5.41) is 1.12.